The molecule has 0 bridgehead atoms. The molecule has 0 aromatic heterocycles. The second kappa shape index (κ2) is 4.16. The Bertz CT molecular complexity index is 310. The van der Waals surface area contributed by atoms with E-state index in [-0.39, 0.29) is 17.6 Å². The molecule has 17 heavy (non-hydrogen) atoms. The summed E-state index contributed by atoms with van der Waals surface area (Å²) < 4.78 is 5.38. The lowest BCUT2D eigenvalue weighted by molar-refractivity contribution is -0.104. The highest BCUT2D eigenvalue weighted by atomic mass is 16.6. The van der Waals surface area contributed by atoms with E-state index in [9.17, 15) is 9.90 Å². The minimum atomic E-state index is -0.445. The minimum Gasteiger partial charge on any atom is -0.444 e. The number of carbonyl (C=O) groups excluding carboxylic acids is 1. The monoisotopic (exact) mass is 241 g/mol. The number of aliphatic hydroxyl groups is 1. The van der Waals surface area contributed by atoms with E-state index in [0.29, 0.717) is 6.54 Å². The van der Waals surface area contributed by atoms with Crippen molar-refractivity contribution < 1.29 is 14.6 Å². The zero-order valence-corrected chi connectivity index (χ0v) is 11.0. The van der Waals surface area contributed by atoms with Gasteiger partial charge in [0.2, 0.25) is 0 Å². The van der Waals surface area contributed by atoms with Gasteiger partial charge in [-0.1, -0.05) is 0 Å². The molecule has 1 amide bonds. The summed E-state index contributed by atoms with van der Waals surface area (Å²) in [5.41, 5.74) is -0.477. The number of hydrogen-bond donors (Lipinski definition) is 1. The summed E-state index contributed by atoms with van der Waals surface area (Å²) in [6, 6.07) is 0. The van der Waals surface area contributed by atoms with E-state index in [0.717, 1.165) is 32.2 Å². The largest absolute Gasteiger partial charge is 0.444 e. The average molecular weight is 241 g/mol. The molecule has 2 rings (SSSR count). The average Bonchev–Trinajstić information content (AvgIpc) is 2.25. The van der Waals surface area contributed by atoms with Crippen LogP contribution >= 0.6 is 0 Å². The van der Waals surface area contributed by atoms with Crippen LogP contribution in [0.5, 0.6) is 0 Å². The van der Waals surface area contributed by atoms with Crippen molar-refractivity contribution in [3.8, 4) is 0 Å². The van der Waals surface area contributed by atoms with Gasteiger partial charge in [-0.2, -0.15) is 0 Å². The highest BCUT2D eigenvalue weighted by molar-refractivity contribution is 5.68. The summed E-state index contributed by atoms with van der Waals surface area (Å²) in [4.78, 5) is 13.7. The molecule has 4 nitrogen and oxygen atoms in total. The number of likely N-dealkylation sites (tertiary alicyclic amines) is 1. The Morgan fingerprint density at radius 3 is 2.59 bits per heavy atom. The summed E-state index contributed by atoms with van der Waals surface area (Å²) in [6.07, 6.45) is 3.45. The van der Waals surface area contributed by atoms with Crippen LogP contribution in [-0.4, -0.2) is 40.9 Å². The van der Waals surface area contributed by atoms with E-state index in [2.05, 4.69) is 0 Å². The topological polar surface area (TPSA) is 49.8 Å². The van der Waals surface area contributed by atoms with Crippen molar-refractivity contribution in [2.45, 2.75) is 58.2 Å². The molecular weight excluding hydrogens is 218 g/mol. The first-order valence-electron chi connectivity index (χ1n) is 6.48. The Kier molecular flexibility index (Phi) is 3.10. The van der Waals surface area contributed by atoms with Crippen LogP contribution in [0.4, 0.5) is 4.79 Å². The number of rotatable bonds is 0. The second-order valence-electron chi connectivity index (χ2n) is 6.42. The summed E-state index contributed by atoms with van der Waals surface area (Å²) >= 11 is 0. The molecule has 1 saturated carbocycles. The summed E-state index contributed by atoms with van der Waals surface area (Å²) in [7, 11) is 0. The maximum Gasteiger partial charge on any atom is 0.410 e. The van der Waals surface area contributed by atoms with Crippen molar-refractivity contribution in [3.63, 3.8) is 0 Å². The van der Waals surface area contributed by atoms with Crippen molar-refractivity contribution in [1.29, 1.82) is 0 Å². The Morgan fingerprint density at radius 2 is 2.12 bits per heavy atom. The molecular formula is C13H23NO3. The van der Waals surface area contributed by atoms with Gasteiger partial charge in [0.25, 0.3) is 0 Å². The van der Waals surface area contributed by atoms with Gasteiger partial charge in [0.1, 0.15) is 5.60 Å². The predicted octanol–water partition coefficient (Wildman–Crippen LogP) is 2.16. The first-order chi connectivity index (χ1) is 7.82. The van der Waals surface area contributed by atoms with Gasteiger partial charge >= 0.3 is 6.09 Å². The fourth-order valence-electron chi connectivity index (χ4n) is 2.80. The van der Waals surface area contributed by atoms with Gasteiger partial charge in [-0.15, -0.1) is 0 Å². The minimum absolute atomic E-state index is 0.0326. The molecule has 1 N–H and O–H groups in total. The Morgan fingerprint density at radius 1 is 1.41 bits per heavy atom. The van der Waals surface area contributed by atoms with Crippen LogP contribution in [0.1, 0.15) is 46.5 Å². The summed E-state index contributed by atoms with van der Waals surface area (Å²) in [6.45, 7) is 7.04. The normalized spacial score (nSPS) is 33.4. The van der Waals surface area contributed by atoms with Gasteiger partial charge in [-0.3, -0.25) is 0 Å². The SMILES string of the molecule is CC(C)(C)OC(=O)N1CCC[C@]2(CC[C@@H]2O)C1. The van der Waals surface area contributed by atoms with Gasteiger partial charge in [-0.05, 0) is 46.5 Å². The summed E-state index contributed by atoms with van der Waals surface area (Å²) in [5.74, 6) is 0. The standard InChI is InChI=1S/C13H23NO3/c1-12(2,3)17-11(16)14-8-4-6-13(9-14)7-5-10(13)15/h10,15H,4-9H2,1-3H3/t10-,13-/m0/s1. The second-order valence-corrected chi connectivity index (χ2v) is 6.42. The van der Waals surface area contributed by atoms with E-state index in [4.69, 9.17) is 4.74 Å². The van der Waals surface area contributed by atoms with Gasteiger partial charge in [-0.25, -0.2) is 4.79 Å². The highest BCUT2D eigenvalue weighted by Crippen LogP contribution is 2.47. The molecule has 1 heterocycles. The predicted molar refractivity (Wildman–Crippen MR) is 64.7 cm³/mol. The third kappa shape index (κ3) is 2.57. The van der Waals surface area contributed by atoms with Gasteiger partial charge in [0, 0.05) is 18.5 Å². The fraction of sp³-hybridized carbons (Fsp3) is 0.923. The number of hydrogen-bond acceptors (Lipinski definition) is 3. The molecule has 1 spiro atoms. The fourth-order valence-corrected chi connectivity index (χ4v) is 2.80. The van der Waals surface area contributed by atoms with Crippen molar-refractivity contribution in [2.75, 3.05) is 13.1 Å². The lowest BCUT2D eigenvalue weighted by Gasteiger charge is -2.52. The smallest absolute Gasteiger partial charge is 0.410 e. The maximum atomic E-state index is 12.0. The van der Waals surface area contributed by atoms with Crippen LogP contribution in [0.3, 0.4) is 0 Å². The zero-order valence-electron chi connectivity index (χ0n) is 11.0. The molecule has 1 saturated heterocycles. The van der Waals surface area contributed by atoms with Crippen LogP contribution in [0.2, 0.25) is 0 Å². The molecule has 1 aliphatic carbocycles. The first kappa shape index (κ1) is 12.7. The van der Waals surface area contributed by atoms with Crippen LogP contribution in [0.25, 0.3) is 0 Å². The molecule has 0 aromatic rings. The van der Waals surface area contributed by atoms with Gasteiger partial charge in [0.15, 0.2) is 0 Å². The summed E-state index contributed by atoms with van der Waals surface area (Å²) in [5, 5.41) is 9.88. The van der Waals surface area contributed by atoms with Crippen molar-refractivity contribution in [3.05, 3.63) is 0 Å². The van der Waals surface area contributed by atoms with Crippen LogP contribution in [0.15, 0.2) is 0 Å². The van der Waals surface area contributed by atoms with E-state index in [1.54, 1.807) is 4.90 Å². The Balaban J connectivity index is 1.96. The van der Waals surface area contributed by atoms with Crippen LogP contribution in [-0.2, 0) is 4.74 Å². The number of nitrogens with zero attached hydrogens (tertiary/aromatic N) is 1. The van der Waals surface area contributed by atoms with Crippen molar-refractivity contribution >= 4 is 6.09 Å². The van der Waals surface area contributed by atoms with E-state index in [1.165, 1.54) is 0 Å². The highest BCUT2D eigenvalue weighted by Gasteiger charge is 2.49. The quantitative estimate of drug-likeness (QED) is 0.707. The number of amides is 1. The van der Waals surface area contributed by atoms with E-state index < -0.39 is 5.60 Å². The molecule has 4 heteroatoms. The van der Waals surface area contributed by atoms with Gasteiger partial charge < -0.3 is 14.7 Å². The van der Waals surface area contributed by atoms with E-state index >= 15 is 0 Å². The molecule has 2 fully saturated rings. The van der Waals surface area contributed by atoms with Crippen molar-refractivity contribution in [2.24, 2.45) is 5.41 Å². The number of aliphatic hydroxyl groups excluding tert-OH is 1. The lowest BCUT2D eigenvalue weighted by atomic mass is 9.62. The number of ether oxygens (including phenoxy) is 1. The van der Waals surface area contributed by atoms with Crippen molar-refractivity contribution in [1.82, 2.24) is 4.90 Å². The van der Waals surface area contributed by atoms with Gasteiger partial charge in [0.05, 0.1) is 6.10 Å². The van der Waals surface area contributed by atoms with Crippen LogP contribution in [0, 0.1) is 5.41 Å². The van der Waals surface area contributed by atoms with Crippen LogP contribution < -0.4 is 0 Å². The first-order valence-corrected chi connectivity index (χ1v) is 6.48. The molecule has 98 valence electrons. The Labute approximate surface area is 103 Å². The third-order valence-corrected chi connectivity index (χ3v) is 3.88. The Hall–Kier alpha value is -0.770. The molecule has 0 unspecified atom stereocenters. The molecule has 0 aromatic carbocycles. The number of carbonyl (C=O) groups is 1. The molecule has 1 aliphatic heterocycles. The zero-order chi connectivity index (χ0) is 12.7. The molecule has 2 aliphatic rings. The maximum absolute atomic E-state index is 12.0. The molecule has 2 atom stereocenters. The third-order valence-electron chi connectivity index (χ3n) is 3.88. The molecule has 0 radical (unpaired) electrons. The number of piperidine rings is 1. The lowest BCUT2D eigenvalue weighted by Crippen LogP contribution is -2.57. The van der Waals surface area contributed by atoms with E-state index in [1.807, 2.05) is 20.8 Å².